The number of carbonyl (C=O) groups is 3. The predicted octanol–water partition coefficient (Wildman–Crippen LogP) is 3.73. The van der Waals surface area contributed by atoms with E-state index in [9.17, 15) is 19.5 Å². The summed E-state index contributed by atoms with van der Waals surface area (Å²) in [7, 11) is 0. The van der Waals surface area contributed by atoms with Crippen molar-refractivity contribution in [3.05, 3.63) is 52.4 Å². The number of aliphatic hydroxyl groups excluding tert-OH is 1. The number of rotatable bonds is 6. The number of hydrogen-bond acceptors (Lipinski definition) is 6. The molecular weight excluding hydrogens is 378 g/mol. The second kappa shape index (κ2) is 7.98. The zero-order chi connectivity index (χ0) is 20.4. The van der Waals surface area contributed by atoms with Crippen molar-refractivity contribution in [3.63, 3.8) is 0 Å². The van der Waals surface area contributed by atoms with E-state index in [1.807, 2.05) is 29.0 Å². The Morgan fingerprint density at radius 2 is 1.86 bits per heavy atom. The SMILES string of the molecule is CCOC(=O)C1C(C(=O)C(C)C)=C(O)C(=O)N1c1ccc(-c2ccsc2)cc1. The van der Waals surface area contributed by atoms with Gasteiger partial charge in [0.2, 0.25) is 0 Å². The average Bonchev–Trinajstić information content (AvgIpc) is 3.29. The molecule has 0 radical (unpaired) electrons. The lowest BCUT2D eigenvalue weighted by molar-refractivity contribution is -0.144. The highest BCUT2D eigenvalue weighted by molar-refractivity contribution is 7.08. The Kier molecular flexibility index (Phi) is 5.65. The number of carbonyl (C=O) groups excluding carboxylic acids is 3. The van der Waals surface area contributed by atoms with Gasteiger partial charge in [0.05, 0.1) is 12.2 Å². The highest BCUT2D eigenvalue weighted by atomic mass is 32.1. The minimum Gasteiger partial charge on any atom is -0.503 e. The number of benzene rings is 1. The number of aliphatic hydroxyl groups is 1. The number of Topliss-reactive ketones (excluding diaryl/α,β-unsaturated/α-hetero) is 1. The van der Waals surface area contributed by atoms with Crippen molar-refractivity contribution in [2.45, 2.75) is 26.8 Å². The van der Waals surface area contributed by atoms with Crippen molar-refractivity contribution in [1.29, 1.82) is 0 Å². The minimum absolute atomic E-state index is 0.0956. The van der Waals surface area contributed by atoms with Gasteiger partial charge in [-0.15, -0.1) is 0 Å². The van der Waals surface area contributed by atoms with Gasteiger partial charge in [0.1, 0.15) is 0 Å². The third-order valence-electron chi connectivity index (χ3n) is 4.51. The van der Waals surface area contributed by atoms with Crippen molar-refractivity contribution in [1.82, 2.24) is 0 Å². The van der Waals surface area contributed by atoms with E-state index in [0.29, 0.717) is 5.69 Å². The van der Waals surface area contributed by atoms with Gasteiger partial charge in [-0.25, -0.2) is 4.79 Å². The van der Waals surface area contributed by atoms with Gasteiger partial charge in [-0.3, -0.25) is 14.5 Å². The second-order valence-corrected chi connectivity index (χ2v) is 7.45. The van der Waals surface area contributed by atoms with Crippen molar-refractivity contribution in [2.24, 2.45) is 5.92 Å². The molecule has 0 aliphatic carbocycles. The van der Waals surface area contributed by atoms with Crippen LogP contribution in [-0.2, 0) is 19.1 Å². The smallest absolute Gasteiger partial charge is 0.334 e. The molecule has 1 aromatic heterocycles. The lowest BCUT2D eigenvalue weighted by Crippen LogP contribution is -2.44. The molecule has 1 amide bonds. The Hall–Kier alpha value is -2.93. The van der Waals surface area contributed by atoms with Crippen LogP contribution in [0.25, 0.3) is 11.1 Å². The maximum Gasteiger partial charge on any atom is 0.334 e. The zero-order valence-electron chi connectivity index (χ0n) is 15.8. The van der Waals surface area contributed by atoms with Gasteiger partial charge in [0, 0.05) is 11.6 Å². The molecule has 3 rings (SSSR count). The van der Waals surface area contributed by atoms with E-state index < -0.39 is 35.4 Å². The summed E-state index contributed by atoms with van der Waals surface area (Å²) in [5.74, 6) is -3.17. The summed E-state index contributed by atoms with van der Waals surface area (Å²) in [6.07, 6.45) is 0. The van der Waals surface area contributed by atoms with Gasteiger partial charge >= 0.3 is 5.97 Å². The molecular formula is C21H21NO5S. The van der Waals surface area contributed by atoms with Crippen LogP contribution in [0.2, 0.25) is 0 Å². The normalized spacial score (nSPS) is 16.8. The summed E-state index contributed by atoms with van der Waals surface area (Å²) in [4.78, 5) is 39.1. The third kappa shape index (κ3) is 3.45. The van der Waals surface area contributed by atoms with Crippen LogP contribution in [0.4, 0.5) is 5.69 Å². The standard InChI is InChI=1S/C21H21NO5S/c1-4-27-21(26)17-16(18(23)12(2)3)19(24)20(25)22(17)15-7-5-13(6-8-15)14-9-10-28-11-14/h5-12,17,24H,4H2,1-3H3. The molecule has 28 heavy (non-hydrogen) atoms. The van der Waals surface area contributed by atoms with Gasteiger partial charge in [-0.2, -0.15) is 11.3 Å². The second-order valence-electron chi connectivity index (χ2n) is 6.67. The molecule has 1 aliphatic heterocycles. The molecule has 1 unspecified atom stereocenters. The minimum atomic E-state index is -1.30. The molecule has 2 heterocycles. The first-order valence-electron chi connectivity index (χ1n) is 8.97. The van der Waals surface area contributed by atoms with Gasteiger partial charge in [-0.1, -0.05) is 26.0 Å². The van der Waals surface area contributed by atoms with Crippen LogP contribution in [0.1, 0.15) is 20.8 Å². The quantitative estimate of drug-likeness (QED) is 0.748. The lowest BCUT2D eigenvalue weighted by Gasteiger charge is -2.25. The average molecular weight is 399 g/mol. The van der Waals surface area contributed by atoms with Crippen molar-refractivity contribution >= 4 is 34.7 Å². The van der Waals surface area contributed by atoms with Gasteiger partial charge in [-0.05, 0) is 47.0 Å². The predicted molar refractivity (Wildman–Crippen MR) is 107 cm³/mol. The molecule has 2 aromatic rings. The maximum atomic E-state index is 12.7. The Balaban J connectivity index is 2.02. The summed E-state index contributed by atoms with van der Waals surface area (Å²) in [5, 5.41) is 14.3. The fraction of sp³-hybridized carbons (Fsp3) is 0.286. The maximum absolute atomic E-state index is 12.7. The first kappa shape index (κ1) is 19.8. The number of thiophene rings is 1. The van der Waals surface area contributed by atoms with Crippen LogP contribution in [0.3, 0.4) is 0 Å². The number of anilines is 1. The topological polar surface area (TPSA) is 83.9 Å². The molecule has 6 nitrogen and oxygen atoms in total. The number of ketones is 1. The van der Waals surface area contributed by atoms with Gasteiger partial charge in [0.15, 0.2) is 17.6 Å². The van der Waals surface area contributed by atoms with E-state index >= 15 is 0 Å². The van der Waals surface area contributed by atoms with E-state index in [0.717, 1.165) is 16.0 Å². The van der Waals surface area contributed by atoms with E-state index in [4.69, 9.17) is 4.74 Å². The van der Waals surface area contributed by atoms with Crippen LogP contribution < -0.4 is 4.90 Å². The number of esters is 1. The number of nitrogens with zero attached hydrogens (tertiary/aromatic N) is 1. The fourth-order valence-electron chi connectivity index (χ4n) is 3.12. The highest BCUT2D eigenvalue weighted by Crippen LogP contribution is 2.34. The van der Waals surface area contributed by atoms with Crippen LogP contribution in [0.5, 0.6) is 0 Å². The lowest BCUT2D eigenvalue weighted by atomic mass is 9.95. The van der Waals surface area contributed by atoms with Crippen LogP contribution in [-0.4, -0.2) is 35.4 Å². The Labute approximate surface area is 167 Å². The number of ether oxygens (including phenoxy) is 1. The summed E-state index contributed by atoms with van der Waals surface area (Å²) in [6, 6.07) is 7.71. The Morgan fingerprint density at radius 1 is 1.18 bits per heavy atom. The van der Waals surface area contributed by atoms with Crippen molar-refractivity contribution in [3.8, 4) is 11.1 Å². The van der Waals surface area contributed by atoms with Crippen molar-refractivity contribution < 1.29 is 24.2 Å². The largest absolute Gasteiger partial charge is 0.503 e. The Morgan fingerprint density at radius 3 is 2.39 bits per heavy atom. The van der Waals surface area contributed by atoms with E-state index in [1.54, 1.807) is 44.2 Å². The first-order valence-corrected chi connectivity index (χ1v) is 9.91. The molecule has 7 heteroatoms. The highest BCUT2D eigenvalue weighted by Gasteiger charge is 2.48. The van der Waals surface area contributed by atoms with Crippen LogP contribution >= 0.6 is 11.3 Å². The fourth-order valence-corrected chi connectivity index (χ4v) is 3.79. The van der Waals surface area contributed by atoms with Crippen molar-refractivity contribution in [2.75, 3.05) is 11.5 Å². The van der Waals surface area contributed by atoms with Crippen LogP contribution in [0, 0.1) is 5.92 Å². The van der Waals surface area contributed by atoms with Gasteiger partial charge in [0.25, 0.3) is 5.91 Å². The summed E-state index contributed by atoms with van der Waals surface area (Å²) < 4.78 is 5.09. The van der Waals surface area contributed by atoms with E-state index in [-0.39, 0.29) is 12.2 Å². The zero-order valence-corrected chi connectivity index (χ0v) is 16.7. The number of hydrogen-bond donors (Lipinski definition) is 1. The third-order valence-corrected chi connectivity index (χ3v) is 5.19. The van der Waals surface area contributed by atoms with E-state index in [2.05, 4.69) is 0 Å². The summed E-state index contributed by atoms with van der Waals surface area (Å²) in [6.45, 7) is 5.03. The van der Waals surface area contributed by atoms with E-state index in [1.165, 1.54) is 0 Å². The monoisotopic (exact) mass is 399 g/mol. The summed E-state index contributed by atoms with van der Waals surface area (Å²) >= 11 is 1.58. The molecule has 0 bridgehead atoms. The molecule has 1 aliphatic rings. The number of amides is 1. The molecule has 0 saturated heterocycles. The van der Waals surface area contributed by atoms with Gasteiger partial charge < -0.3 is 9.84 Å². The first-order chi connectivity index (χ1) is 13.4. The molecule has 1 atom stereocenters. The molecule has 0 fully saturated rings. The Bertz CT molecular complexity index is 928. The molecule has 1 aromatic carbocycles. The molecule has 0 spiro atoms. The molecule has 1 N–H and O–H groups in total. The van der Waals surface area contributed by atoms with Crippen LogP contribution in [0.15, 0.2) is 52.4 Å². The molecule has 146 valence electrons. The summed E-state index contributed by atoms with van der Waals surface area (Å²) in [5.41, 5.74) is 2.20. The molecule has 0 saturated carbocycles.